The molecule has 2 aliphatic rings. The molecule has 0 aromatic heterocycles. The first-order valence-corrected chi connectivity index (χ1v) is 6.62. The van der Waals surface area contributed by atoms with E-state index in [0.29, 0.717) is 12.8 Å². The maximum Gasteiger partial charge on any atom is 0.250 e. The Morgan fingerprint density at radius 2 is 2.11 bits per heavy atom. The molecule has 2 aliphatic heterocycles. The van der Waals surface area contributed by atoms with Crippen molar-refractivity contribution in [2.45, 2.75) is 50.4 Å². The highest BCUT2D eigenvalue weighted by Crippen LogP contribution is 2.24. The third-order valence-corrected chi connectivity index (χ3v) is 3.94. The fourth-order valence-electron chi connectivity index (χ4n) is 2.58. The van der Waals surface area contributed by atoms with Crippen LogP contribution in [0.1, 0.15) is 32.6 Å². The summed E-state index contributed by atoms with van der Waals surface area (Å²) in [7, 11) is 2.03. The van der Waals surface area contributed by atoms with E-state index in [1.807, 2.05) is 14.0 Å². The average Bonchev–Trinajstić information content (AvgIpc) is 2.79. The topological polar surface area (TPSA) is 65.4 Å². The van der Waals surface area contributed by atoms with Crippen LogP contribution < -0.4 is 5.32 Å². The van der Waals surface area contributed by atoms with Gasteiger partial charge in [0, 0.05) is 13.1 Å². The molecule has 2 rings (SSSR count). The number of likely N-dealkylation sites (tertiary alicyclic amines) is 1. The third kappa shape index (κ3) is 2.82. The lowest BCUT2D eigenvalue weighted by Crippen LogP contribution is -2.56. The van der Waals surface area contributed by atoms with Gasteiger partial charge in [-0.1, -0.05) is 0 Å². The average molecular weight is 251 g/mol. The molecule has 1 N–H and O–H groups in total. The molecule has 0 aromatic rings. The number of piperidine rings is 1. The van der Waals surface area contributed by atoms with Gasteiger partial charge in [-0.2, -0.15) is 5.26 Å². The molecule has 0 aliphatic carbocycles. The van der Waals surface area contributed by atoms with Gasteiger partial charge >= 0.3 is 0 Å². The van der Waals surface area contributed by atoms with Crippen molar-refractivity contribution in [2.75, 3.05) is 20.1 Å². The maximum absolute atomic E-state index is 12.1. The summed E-state index contributed by atoms with van der Waals surface area (Å²) >= 11 is 0. The van der Waals surface area contributed by atoms with Gasteiger partial charge in [-0.15, -0.1) is 0 Å². The van der Waals surface area contributed by atoms with Gasteiger partial charge in [0.05, 0.1) is 12.2 Å². The molecule has 0 saturated carbocycles. The molecular formula is C13H21N3O2. The molecule has 18 heavy (non-hydrogen) atoms. The Kier molecular flexibility index (Phi) is 3.88. The minimum atomic E-state index is -0.696. The van der Waals surface area contributed by atoms with E-state index in [9.17, 15) is 10.1 Å². The second-order valence-electron chi connectivity index (χ2n) is 5.50. The Balaban J connectivity index is 1.94. The van der Waals surface area contributed by atoms with Crippen LogP contribution in [0.4, 0.5) is 0 Å². The molecule has 5 heteroatoms. The van der Waals surface area contributed by atoms with Crippen LogP contribution in [0, 0.1) is 11.3 Å². The molecule has 2 fully saturated rings. The van der Waals surface area contributed by atoms with E-state index in [1.165, 1.54) is 0 Å². The SMILES string of the molecule is CC1CCC(C(=O)NC2(C#N)CCN(C)CC2)O1. The van der Waals surface area contributed by atoms with Crippen molar-refractivity contribution >= 4 is 5.91 Å². The van der Waals surface area contributed by atoms with Crippen LogP contribution >= 0.6 is 0 Å². The molecule has 2 unspecified atom stereocenters. The third-order valence-electron chi connectivity index (χ3n) is 3.94. The van der Waals surface area contributed by atoms with Gasteiger partial charge in [0.15, 0.2) is 0 Å². The van der Waals surface area contributed by atoms with Gasteiger partial charge in [0.2, 0.25) is 5.91 Å². The highest BCUT2D eigenvalue weighted by atomic mass is 16.5. The molecule has 2 atom stereocenters. The summed E-state index contributed by atoms with van der Waals surface area (Å²) in [6.45, 7) is 3.66. The number of hydrogen-bond acceptors (Lipinski definition) is 4. The van der Waals surface area contributed by atoms with Gasteiger partial charge in [-0.05, 0) is 39.7 Å². The number of carbonyl (C=O) groups excluding carboxylic acids is 1. The van der Waals surface area contributed by atoms with Crippen LogP contribution in [0.25, 0.3) is 0 Å². The number of ether oxygens (including phenoxy) is 1. The molecule has 0 spiro atoms. The smallest absolute Gasteiger partial charge is 0.250 e. The van der Waals surface area contributed by atoms with Gasteiger partial charge in [0.1, 0.15) is 11.6 Å². The van der Waals surface area contributed by atoms with Gasteiger partial charge in [0.25, 0.3) is 0 Å². The molecule has 1 amide bonds. The van der Waals surface area contributed by atoms with Crippen molar-refractivity contribution in [3.05, 3.63) is 0 Å². The summed E-state index contributed by atoms with van der Waals surface area (Å²) < 4.78 is 5.54. The summed E-state index contributed by atoms with van der Waals surface area (Å²) in [4.78, 5) is 14.3. The predicted octanol–water partition coefficient (Wildman–Crippen LogP) is 0.658. The molecule has 2 saturated heterocycles. The van der Waals surface area contributed by atoms with E-state index >= 15 is 0 Å². The number of hydrogen-bond donors (Lipinski definition) is 1. The number of carbonyl (C=O) groups is 1. The standard InChI is InChI=1S/C13H21N3O2/c1-10-3-4-11(18-10)12(17)15-13(9-14)5-7-16(2)8-6-13/h10-11H,3-8H2,1-2H3,(H,15,17). The second kappa shape index (κ2) is 5.25. The van der Waals surface area contributed by atoms with Crippen molar-refractivity contribution in [1.29, 1.82) is 5.26 Å². The highest BCUT2D eigenvalue weighted by molar-refractivity contribution is 5.82. The largest absolute Gasteiger partial charge is 0.365 e. The lowest BCUT2D eigenvalue weighted by molar-refractivity contribution is -0.133. The van der Waals surface area contributed by atoms with Gasteiger partial charge in [-0.25, -0.2) is 0 Å². The summed E-state index contributed by atoms with van der Waals surface area (Å²) in [5, 5.41) is 12.3. The molecule has 0 bridgehead atoms. The molecule has 0 aromatic carbocycles. The minimum absolute atomic E-state index is 0.120. The molecule has 2 heterocycles. The summed E-state index contributed by atoms with van der Waals surface area (Å²) in [6.07, 6.45) is 2.83. The summed E-state index contributed by atoms with van der Waals surface area (Å²) in [5.74, 6) is -0.120. The van der Waals surface area contributed by atoms with E-state index in [2.05, 4.69) is 16.3 Å². The number of nitrogens with zero attached hydrogens (tertiary/aromatic N) is 2. The zero-order valence-corrected chi connectivity index (χ0v) is 11.1. The number of amides is 1. The second-order valence-corrected chi connectivity index (χ2v) is 5.50. The normalized spacial score (nSPS) is 31.8. The van der Waals surface area contributed by atoms with E-state index in [4.69, 9.17) is 4.74 Å². The maximum atomic E-state index is 12.1. The van der Waals surface area contributed by atoms with Crippen molar-refractivity contribution in [2.24, 2.45) is 0 Å². The van der Waals surface area contributed by atoms with E-state index in [1.54, 1.807) is 0 Å². The number of nitrogens with one attached hydrogen (secondary N) is 1. The fourth-order valence-corrected chi connectivity index (χ4v) is 2.58. The van der Waals surface area contributed by atoms with Gasteiger partial charge in [-0.3, -0.25) is 4.79 Å². The summed E-state index contributed by atoms with van der Waals surface area (Å²) in [6, 6.07) is 2.29. The molecule has 100 valence electrons. The Bertz CT molecular complexity index is 356. The molecule has 0 radical (unpaired) electrons. The van der Waals surface area contributed by atoms with Crippen LogP contribution in [0.2, 0.25) is 0 Å². The van der Waals surface area contributed by atoms with Crippen LogP contribution in [0.3, 0.4) is 0 Å². The van der Waals surface area contributed by atoms with E-state index in [-0.39, 0.29) is 18.1 Å². The first kappa shape index (κ1) is 13.3. The Morgan fingerprint density at radius 3 is 2.61 bits per heavy atom. The highest BCUT2D eigenvalue weighted by Gasteiger charge is 2.38. The zero-order chi connectivity index (χ0) is 13.2. The lowest BCUT2D eigenvalue weighted by Gasteiger charge is -2.36. The van der Waals surface area contributed by atoms with Crippen LogP contribution in [0.5, 0.6) is 0 Å². The Labute approximate surface area is 108 Å². The van der Waals surface area contributed by atoms with E-state index < -0.39 is 5.54 Å². The predicted molar refractivity (Wildman–Crippen MR) is 66.8 cm³/mol. The minimum Gasteiger partial charge on any atom is -0.365 e. The first-order chi connectivity index (χ1) is 8.54. The van der Waals surface area contributed by atoms with Crippen LogP contribution in [-0.2, 0) is 9.53 Å². The number of nitriles is 1. The quantitative estimate of drug-likeness (QED) is 0.783. The lowest BCUT2D eigenvalue weighted by atomic mass is 9.89. The molecular weight excluding hydrogens is 230 g/mol. The van der Waals surface area contributed by atoms with Crippen molar-refractivity contribution < 1.29 is 9.53 Å². The van der Waals surface area contributed by atoms with Crippen molar-refractivity contribution in [3.8, 4) is 6.07 Å². The Morgan fingerprint density at radius 1 is 1.44 bits per heavy atom. The van der Waals surface area contributed by atoms with E-state index in [0.717, 1.165) is 25.9 Å². The Hall–Kier alpha value is -1.12. The van der Waals surface area contributed by atoms with Crippen LogP contribution in [-0.4, -0.2) is 48.7 Å². The van der Waals surface area contributed by atoms with Crippen molar-refractivity contribution in [3.63, 3.8) is 0 Å². The molecule has 5 nitrogen and oxygen atoms in total. The fraction of sp³-hybridized carbons (Fsp3) is 0.846. The summed E-state index contributed by atoms with van der Waals surface area (Å²) in [5.41, 5.74) is -0.696. The zero-order valence-electron chi connectivity index (χ0n) is 11.1. The monoisotopic (exact) mass is 251 g/mol. The first-order valence-electron chi connectivity index (χ1n) is 6.62. The number of rotatable bonds is 2. The van der Waals surface area contributed by atoms with Crippen molar-refractivity contribution in [1.82, 2.24) is 10.2 Å². The van der Waals surface area contributed by atoms with Gasteiger partial charge < -0.3 is 15.0 Å². The van der Waals surface area contributed by atoms with Crippen LogP contribution in [0.15, 0.2) is 0 Å².